The Balaban J connectivity index is 1.88. The molecule has 5 heteroatoms. The van der Waals surface area contributed by atoms with Gasteiger partial charge < -0.3 is 4.74 Å². The van der Waals surface area contributed by atoms with Gasteiger partial charge in [0.15, 0.2) is 0 Å². The number of rotatable bonds is 3. The standard InChI is InChI=1S/C18H16N2O3/c1-12-3-7-14(8-4-12)20-18(22)16(17(21)19-20)11-13-5-9-15(23-2)10-6-13/h3-11H,1-2H3,(H,19,21). The van der Waals surface area contributed by atoms with Gasteiger partial charge in [0.2, 0.25) is 0 Å². The minimum absolute atomic E-state index is 0.107. The Kier molecular flexibility index (Phi) is 3.85. The molecule has 0 atom stereocenters. The fourth-order valence-electron chi connectivity index (χ4n) is 2.30. The molecular formula is C18H16N2O3. The zero-order valence-corrected chi connectivity index (χ0v) is 12.9. The summed E-state index contributed by atoms with van der Waals surface area (Å²) in [5.41, 5.74) is 5.17. The second kappa shape index (κ2) is 5.96. The summed E-state index contributed by atoms with van der Waals surface area (Å²) in [5, 5.41) is 1.26. The number of hydrogen-bond donors (Lipinski definition) is 1. The van der Waals surface area contributed by atoms with Crippen molar-refractivity contribution in [1.82, 2.24) is 5.43 Å². The summed E-state index contributed by atoms with van der Waals surface area (Å²) in [4.78, 5) is 24.6. The van der Waals surface area contributed by atoms with Crippen molar-refractivity contribution in [2.24, 2.45) is 0 Å². The Morgan fingerprint density at radius 1 is 1.00 bits per heavy atom. The van der Waals surface area contributed by atoms with E-state index in [4.69, 9.17) is 4.74 Å². The van der Waals surface area contributed by atoms with Gasteiger partial charge in [-0.05, 0) is 42.8 Å². The van der Waals surface area contributed by atoms with Crippen LogP contribution in [0.25, 0.3) is 6.08 Å². The quantitative estimate of drug-likeness (QED) is 0.700. The molecule has 0 aromatic heterocycles. The van der Waals surface area contributed by atoms with Crippen molar-refractivity contribution >= 4 is 23.6 Å². The van der Waals surface area contributed by atoms with Gasteiger partial charge in [-0.3, -0.25) is 15.0 Å². The summed E-state index contributed by atoms with van der Waals surface area (Å²) in [7, 11) is 1.58. The van der Waals surface area contributed by atoms with Gasteiger partial charge in [0.05, 0.1) is 12.8 Å². The first-order valence-corrected chi connectivity index (χ1v) is 7.16. The Morgan fingerprint density at radius 3 is 2.26 bits per heavy atom. The molecule has 0 spiro atoms. The molecule has 2 aromatic rings. The molecule has 2 amide bonds. The first-order chi connectivity index (χ1) is 11.1. The molecule has 1 aliphatic heterocycles. The Morgan fingerprint density at radius 2 is 1.65 bits per heavy atom. The number of methoxy groups -OCH3 is 1. The fraction of sp³-hybridized carbons (Fsp3) is 0.111. The van der Waals surface area contributed by atoms with Crippen molar-refractivity contribution in [2.45, 2.75) is 6.92 Å². The molecular weight excluding hydrogens is 292 g/mol. The van der Waals surface area contributed by atoms with Crippen molar-refractivity contribution in [3.8, 4) is 5.75 Å². The monoisotopic (exact) mass is 308 g/mol. The molecule has 1 heterocycles. The van der Waals surface area contributed by atoms with Crippen LogP contribution in [-0.2, 0) is 9.59 Å². The summed E-state index contributed by atoms with van der Waals surface area (Å²) >= 11 is 0. The number of ether oxygens (including phenoxy) is 1. The fourth-order valence-corrected chi connectivity index (χ4v) is 2.30. The summed E-state index contributed by atoms with van der Waals surface area (Å²) in [6.07, 6.45) is 1.57. The smallest absolute Gasteiger partial charge is 0.282 e. The number of hydrogen-bond acceptors (Lipinski definition) is 3. The van der Waals surface area contributed by atoms with E-state index < -0.39 is 5.91 Å². The molecule has 0 saturated carbocycles. The number of carbonyl (C=O) groups is 2. The number of nitrogens with zero attached hydrogens (tertiary/aromatic N) is 1. The lowest BCUT2D eigenvalue weighted by atomic mass is 10.1. The van der Waals surface area contributed by atoms with E-state index in [0.29, 0.717) is 5.69 Å². The van der Waals surface area contributed by atoms with Crippen molar-refractivity contribution in [1.29, 1.82) is 0 Å². The molecule has 0 aliphatic carbocycles. The number of amides is 2. The minimum atomic E-state index is -0.411. The zero-order chi connectivity index (χ0) is 16.4. The largest absolute Gasteiger partial charge is 0.497 e. The maximum atomic E-state index is 12.5. The van der Waals surface area contributed by atoms with E-state index in [1.54, 1.807) is 49.6 Å². The first-order valence-electron chi connectivity index (χ1n) is 7.16. The average Bonchev–Trinajstić information content (AvgIpc) is 2.84. The third-order valence-corrected chi connectivity index (χ3v) is 3.61. The Bertz CT molecular complexity index is 777. The predicted molar refractivity (Wildman–Crippen MR) is 87.8 cm³/mol. The molecule has 5 nitrogen and oxygen atoms in total. The lowest BCUT2D eigenvalue weighted by Crippen LogP contribution is -2.35. The highest BCUT2D eigenvalue weighted by Crippen LogP contribution is 2.22. The Hall–Kier alpha value is -3.08. The lowest BCUT2D eigenvalue weighted by molar-refractivity contribution is -0.117. The topological polar surface area (TPSA) is 58.6 Å². The van der Waals surface area contributed by atoms with Gasteiger partial charge in [-0.25, -0.2) is 5.01 Å². The number of anilines is 1. The molecule has 1 fully saturated rings. The second-order valence-electron chi connectivity index (χ2n) is 5.25. The van der Waals surface area contributed by atoms with Gasteiger partial charge in [0.1, 0.15) is 11.3 Å². The van der Waals surface area contributed by atoms with Crippen LogP contribution in [0.2, 0.25) is 0 Å². The van der Waals surface area contributed by atoms with Crippen molar-refractivity contribution in [3.63, 3.8) is 0 Å². The van der Waals surface area contributed by atoms with Crippen molar-refractivity contribution < 1.29 is 14.3 Å². The van der Waals surface area contributed by atoms with Crippen LogP contribution in [0.15, 0.2) is 54.1 Å². The molecule has 2 aromatic carbocycles. The summed E-state index contributed by atoms with van der Waals surface area (Å²) in [6, 6.07) is 14.5. The normalized spacial score (nSPS) is 15.9. The highest BCUT2D eigenvalue weighted by atomic mass is 16.5. The van der Waals surface area contributed by atoms with E-state index in [1.807, 2.05) is 19.1 Å². The SMILES string of the molecule is COc1ccc(C=C2C(=O)NN(c3ccc(C)cc3)C2=O)cc1. The van der Waals surface area contributed by atoms with Gasteiger partial charge in [-0.1, -0.05) is 29.8 Å². The van der Waals surface area contributed by atoms with Gasteiger partial charge in [-0.2, -0.15) is 0 Å². The van der Waals surface area contributed by atoms with Crippen LogP contribution < -0.4 is 15.2 Å². The van der Waals surface area contributed by atoms with Crippen LogP contribution in [0.4, 0.5) is 5.69 Å². The molecule has 1 saturated heterocycles. The number of nitrogens with one attached hydrogen (secondary N) is 1. The summed E-state index contributed by atoms with van der Waals surface area (Å²) in [5.74, 6) is -0.0586. The Labute approximate surface area is 134 Å². The molecule has 0 bridgehead atoms. The van der Waals surface area contributed by atoms with E-state index in [0.717, 1.165) is 16.9 Å². The van der Waals surface area contributed by atoms with E-state index in [-0.39, 0.29) is 11.5 Å². The van der Waals surface area contributed by atoms with Gasteiger partial charge in [0, 0.05) is 0 Å². The van der Waals surface area contributed by atoms with E-state index >= 15 is 0 Å². The first kappa shape index (κ1) is 14.8. The second-order valence-corrected chi connectivity index (χ2v) is 5.25. The molecule has 116 valence electrons. The van der Waals surface area contributed by atoms with Gasteiger partial charge >= 0.3 is 0 Å². The number of benzene rings is 2. The number of aryl methyl sites for hydroxylation is 1. The van der Waals surface area contributed by atoms with E-state index in [1.165, 1.54) is 5.01 Å². The van der Waals surface area contributed by atoms with E-state index in [2.05, 4.69) is 5.43 Å². The minimum Gasteiger partial charge on any atom is -0.497 e. The van der Waals surface area contributed by atoms with Crippen molar-refractivity contribution in [3.05, 3.63) is 65.2 Å². The molecule has 1 aliphatic rings. The molecule has 3 rings (SSSR count). The van der Waals surface area contributed by atoms with Crippen LogP contribution in [0.3, 0.4) is 0 Å². The highest BCUT2D eigenvalue weighted by molar-refractivity contribution is 6.31. The summed E-state index contributed by atoms with van der Waals surface area (Å²) < 4.78 is 5.09. The molecule has 1 N–H and O–H groups in total. The van der Waals surface area contributed by atoms with Crippen LogP contribution >= 0.6 is 0 Å². The van der Waals surface area contributed by atoms with Crippen LogP contribution in [0.1, 0.15) is 11.1 Å². The predicted octanol–water partition coefficient (Wildman–Crippen LogP) is 2.47. The third kappa shape index (κ3) is 2.94. The zero-order valence-electron chi connectivity index (χ0n) is 12.9. The average molecular weight is 308 g/mol. The third-order valence-electron chi connectivity index (χ3n) is 3.61. The van der Waals surface area contributed by atoms with Crippen LogP contribution in [0, 0.1) is 6.92 Å². The van der Waals surface area contributed by atoms with Crippen LogP contribution in [-0.4, -0.2) is 18.9 Å². The van der Waals surface area contributed by atoms with Crippen molar-refractivity contribution in [2.75, 3.05) is 12.1 Å². The van der Waals surface area contributed by atoms with Crippen LogP contribution in [0.5, 0.6) is 5.75 Å². The number of hydrazine groups is 1. The van der Waals surface area contributed by atoms with Gasteiger partial charge in [0.25, 0.3) is 11.8 Å². The highest BCUT2D eigenvalue weighted by Gasteiger charge is 2.34. The summed E-state index contributed by atoms with van der Waals surface area (Å²) in [6.45, 7) is 1.96. The van der Waals surface area contributed by atoms with Gasteiger partial charge in [-0.15, -0.1) is 0 Å². The lowest BCUT2D eigenvalue weighted by Gasteiger charge is -2.14. The maximum Gasteiger partial charge on any atom is 0.282 e. The molecule has 23 heavy (non-hydrogen) atoms. The van der Waals surface area contributed by atoms with E-state index in [9.17, 15) is 9.59 Å². The molecule has 0 radical (unpaired) electrons. The molecule has 0 unspecified atom stereocenters. The number of carbonyl (C=O) groups excluding carboxylic acids is 2. The maximum absolute atomic E-state index is 12.5.